The van der Waals surface area contributed by atoms with Gasteiger partial charge in [0.05, 0.1) is 5.56 Å². The summed E-state index contributed by atoms with van der Waals surface area (Å²) < 4.78 is 78.9. The molecule has 4 nitrogen and oxygen atoms in total. The number of rotatable bonds is 5. The van der Waals surface area contributed by atoms with Gasteiger partial charge in [-0.05, 0) is 48.6 Å². The van der Waals surface area contributed by atoms with Crippen LogP contribution in [-0.4, -0.2) is 24.0 Å². The number of halogens is 6. The van der Waals surface area contributed by atoms with E-state index in [0.29, 0.717) is 25.0 Å². The lowest BCUT2D eigenvalue weighted by molar-refractivity contribution is -0.171. The number of alkyl halides is 6. The van der Waals surface area contributed by atoms with Crippen LogP contribution in [0.4, 0.5) is 32.0 Å². The molecule has 168 valence electrons. The number of anilines is 1. The van der Waals surface area contributed by atoms with Gasteiger partial charge in [0.2, 0.25) is 5.91 Å². The summed E-state index contributed by atoms with van der Waals surface area (Å²) in [7, 11) is 0. The van der Waals surface area contributed by atoms with Crippen LogP contribution in [0.1, 0.15) is 42.2 Å². The van der Waals surface area contributed by atoms with Gasteiger partial charge in [0.1, 0.15) is 0 Å². The van der Waals surface area contributed by atoms with E-state index in [0.717, 1.165) is 36.3 Å². The van der Waals surface area contributed by atoms with Gasteiger partial charge in [-0.15, -0.1) is 11.3 Å². The zero-order valence-corrected chi connectivity index (χ0v) is 16.8. The fraction of sp³-hybridized carbons (Fsp3) is 0.400. The summed E-state index contributed by atoms with van der Waals surface area (Å²) >= 11 is 0.974. The fourth-order valence-corrected chi connectivity index (χ4v) is 4.31. The van der Waals surface area contributed by atoms with Crippen LogP contribution in [0.3, 0.4) is 0 Å². The van der Waals surface area contributed by atoms with Crippen molar-refractivity contribution >= 4 is 28.8 Å². The molecule has 0 unspecified atom stereocenters. The van der Waals surface area contributed by atoms with E-state index in [2.05, 4.69) is 5.32 Å². The Morgan fingerprint density at radius 2 is 1.61 bits per heavy atom. The van der Waals surface area contributed by atoms with Gasteiger partial charge >= 0.3 is 18.3 Å². The number of amides is 2. The van der Waals surface area contributed by atoms with Crippen molar-refractivity contribution in [1.29, 1.82) is 0 Å². The first-order valence-electron chi connectivity index (χ1n) is 9.40. The Morgan fingerprint density at radius 1 is 1.00 bits per heavy atom. The molecule has 1 N–H and O–H groups in total. The smallest absolute Gasteiger partial charge is 0.351 e. The summed E-state index contributed by atoms with van der Waals surface area (Å²) in [5.41, 5.74) is -1.55. The summed E-state index contributed by atoms with van der Waals surface area (Å²) in [4.78, 5) is 25.7. The van der Waals surface area contributed by atoms with Crippen LogP contribution in [0.15, 0.2) is 41.8 Å². The third kappa shape index (κ3) is 5.38. The Kier molecular flexibility index (Phi) is 6.63. The van der Waals surface area contributed by atoms with Crippen LogP contribution >= 0.6 is 11.3 Å². The third-order valence-corrected chi connectivity index (χ3v) is 5.88. The van der Waals surface area contributed by atoms with E-state index in [1.165, 1.54) is 17.5 Å². The van der Waals surface area contributed by atoms with E-state index < -0.39 is 41.5 Å². The van der Waals surface area contributed by atoms with Crippen LogP contribution in [-0.2, 0) is 15.8 Å². The molecule has 1 aliphatic rings. The average molecular weight is 464 g/mol. The lowest BCUT2D eigenvalue weighted by atomic mass is 10.1. The molecule has 31 heavy (non-hydrogen) atoms. The number of hydrogen-bond acceptors (Lipinski definition) is 3. The zero-order chi connectivity index (χ0) is 22.8. The van der Waals surface area contributed by atoms with Crippen molar-refractivity contribution in [1.82, 2.24) is 5.32 Å². The maximum absolute atomic E-state index is 13.4. The Hall–Kier alpha value is -2.56. The molecule has 1 aromatic carbocycles. The molecule has 0 spiro atoms. The van der Waals surface area contributed by atoms with E-state index in [4.69, 9.17) is 0 Å². The molecule has 0 bridgehead atoms. The van der Waals surface area contributed by atoms with E-state index >= 15 is 0 Å². The molecule has 1 aliphatic carbocycles. The summed E-state index contributed by atoms with van der Waals surface area (Å²) in [5.74, 6) is -3.15. The van der Waals surface area contributed by atoms with Crippen LogP contribution in [0, 0.1) is 0 Å². The van der Waals surface area contributed by atoms with Crippen LogP contribution in [0.2, 0.25) is 0 Å². The van der Waals surface area contributed by atoms with Crippen molar-refractivity contribution in [2.24, 2.45) is 0 Å². The number of carbonyl (C=O) groups is 2. The maximum atomic E-state index is 13.4. The molecule has 11 heteroatoms. The highest BCUT2D eigenvalue weighted by Gasteiger charge is 2.48. The van der Waals surface area contributed by atoms with Crippen LogP contribution < -0.4 is 10.2 Å². The monoisotopic (exact) mass is 464 g/mol. The molecule has 0 radical (unpaired) electrons. The van der Waals surface area contributed by atoms with Gasteiger partial charge in [0.15, 0.2) is 6.04 Å². The van der Waals surface area contributed by atoms with Crippen LogP contribution in [0.5, 0.6) is 0 Å². The molecule has 0 aliphatic heterocycles. The highest BCUT2D eigenvalue weighted by atomic mass is 32.1. The topological polar surface area (TPSA) is 49.4 Å². The lowest BCUT2D eigenvalue weighted by Gasteiger charge is -2.32. The fourth-order valence-electron chi connectivity index (χ4n) is 3.50. The molecule has 1 fully saturated rings. The van der Waals surface area contributed by atoms with Crippen molar-refractivity contribution in [3.8, 4) is 0 Å². The Morgan fingerprint density at radius 3 is 2.10 bits per heavy atom. The van der Waals surface area contributed by atoms with Gasteiger partial charge in [0, 0.05) is 16.6 Å². The largest absolute Gasteiger partial charge is 0.471 e. The summed E-state index contributed by atoms with van der Waals surface area (Å²) in [6.45, 7) is 0. The summed E-state index contributed by atoms with van der Waals surface area (Å²) in [6, 6.07) is 3.69. The average Bonchev–Trinajstić information content (AvgIpc) is 3.38. The van der Waals surface area contributed by atoms with Gasteiger partial charge in [-0.3, -0.25) is 14.5 Å². The number of thiophene rings is 1. The minimum Gasteiger partial charge on any atom is -0.351 e. The van der Waals surface area contributed by atoms with E-state index in [1.54, 1.807) is 0 Å². The highest BCUT2D eigenvalue weighted by Crippen LogP contribution is 2.37. The SMILES string of the molecule is O=C(NC1CCCC1)[C@H](c1cccs1)N(C(=O)C(F)(F)F)c1ccc(C(F)(F)F)cc1. The predicted octanol–water partition coefficient (Wildman–Crippen LogP) is 5.46. The summed E-state index contributed by atoms with van der Waals surface area (Å²) in [6.07, 6.45) is -7.00. The molecule has 2 aromatic rings. The minimum atomic E-state index is -5.34. The second kappa shape index (κ2) is 8.89. The molecular weight excluding hydrogens is 446 g/mol. The van der Waals surface area contributed by atoms with E-state index in [9.17, 15) is 35.9 Å². The number of benzene rings is 1. The quantitative estimate of drug-likeness (QED) is 0.598. The molecular formula is C20H18F6N2O2S. The normalized spacial score (nSPS) is 16.2. The van der Waals surface area contributed by atoms with Gasteiger partial charge < -0.3 is 5.32 Å². The Bertz CT molecular complexity index is 903. The van der Waals surface area contributed by atoms with Crippen molar-refractivity contribution in [3.05, 3.63) is 52.2 Å². The van der Waals surface area contributed by atoms with Crippen molar-refractivity contribution in [2.45, 2.75) is 50.1 Å². The first-order chi connectivity index (χ1) is 14.5. The lowest BCUT2D eigenvalue weighted by Crippen LogP contribution is -2.50. The molecule has 1 saturated carbocycles. The predicted molar refractivity (Wildman–Crippen MR) is 102 cm³/mol. The van der Waals surface area contributed by atoms with E-state index in [1.807, 2.05) is 0 Å². The number of nitrogens with zero attached hydrogens (tertiary/aromatic N) is 1. The molecule has 2 amide bonds. The second-order valence-corrected chi connectivity index (χ2v) is 8.10. The number of carbonyl (C=O) groups excluding carboxylic acids is 2. The molecule has 1 atom stereocenters. The van der Waals surface area contributed by atoms with Crippen LogP contribution in [0.25, 0.3) is 0 Å². The van der Waals surface area contributed by atoms with E-state index in [-0.39, 0.29) is 15.8 Å². The minimum absolute atomic E-state index is 0.160. The van der Waals surface area contributed by atoms with Gasteiger partial charge in [0.25, 0.3) is 0 Å². The zero-order valence-electron chi connectivity index (χ0n) is 16.0. The molecule has 1 aromatic heterocycles. The standard InChI is InChI=1S/C20H18F6N2O2S/c21-19(22,23)12-7-9-14(10-8-12)28(18(30)20(24,25)26)16(15-6-3-11-31-15)17(29)27-13-4-1-2-5-13/h3,6-11,13,16H,1-2,4-5H2,(H,27,29)/t16-/m0/s1. The first-order valence-corrected chi connectivity index (χ1v) is 10.3. The molecule has 1 heterocycles. The Labute approximate surface area is 177 Å². The Balaban J connectivity index is 2.05. The first kappa shape index (κ1) is 23.1. The van der Waals surface area contributed by atoms with Crippen molar-refractivity contribution < 1.29 is 35.9 Å². The number of nitrogens with one attached hydrogen (secondary N) is 1. The van der Waals surface area contributed by atoms with Gasteiger partial charge in [-0.2, -0.15) is 26.3 Å². The molecule has 0 saturated heterocycles. The number of hydrogen-bond donors (Lipinski definition) is 1. The van der Waals surface area contributed by atoms with Crippen molar-refractivity contribution in [3.63, 3.8) is 0 Å². The third-order valence-electron chi connectivity index (χ3n) is 4.95. The molecule has 3 rings (SSSR count). The summed E-state index contributed by atoms with van der Waals surface area (Å²) in [5, 5.41) is 4.22. The van der Waals surface area contributed by atoms with Crippen molar-refractivity contribution in [2.75, 3.05) is 4.90 Å². The second-order valence-electron chi connectivity index (χ2n) is 7.13. The highest BCUT2D eigenvalue weighted by molar-refractivity contribution is 7.10. The maximum Gasteiger partial charge on any atom is 0.471 e. The van der Waals surface area contributed by atoms with Gasteiger partial charge in [-0.25, -0.2) is 0 Å². The van der Waals surface area contributed by atoms with Gasteiger partial charge in [-0.1, -0.05) is 18.9 Å².